The minimum absolute atomic E-state index is 0.126. The second-order valence-corrected chi connectivity index (χ2v) is 8.71. The minimum Gasteiger partial charge on any atom is -0.494 e. The summed E-state index contributed by atoms with van der Waals surface area (Å²) in [6.07, 6.45) is 4.14. The monoisotopic (exact) mass is 442 g/mol. The molecule has 0 radical (unpaired) electrons. The number of aromatic nitrogens is 2. The lowest BCUT2D eigenvalue weighted by Crippen LogP contribution is -2.28. The Kier molecular flexibility index (Phi) is 7.85. The molecule has 0 unspecified atom stereocenters. The predicted molar refractivity (Wildman–Crippen MR) is 125 cm³/mol. The topological polar surface area (TPSA) is 70.4 Å². The normalized spacial score (nSPS) is 11.1. The molecule has 3 rings (SSSR count). The van der Waals surface area contributed by atoms with E-state index in [0.29, 0.717) is 29.3 Å². The highest BCUT2D eigenvalue weighted by Crippen LogP contribution is 2.36. The molecule has 7 heteroatoms. The fourth-order valence-corrected chi connectivity index (χ4v) is 4.69. The molecular formula is C24H30N2O4S. The molecule has 2 aromatic heterocycles. The summed E-state index contributed by atoms with van der Waals surface area (Å²) in [6.45, 7) is 8.68. The van der Waals surface area contributed by atoms with E-state index in [1.165, 1.54) is 15.9 Å². The van der Waals surface area contributed by atoms with Gasteiger partial charge in [-0.15, -0.1) is 11.3 Å². The van der Waals surface area contributed by atoms with E-state index in [-0.39, 0.29) is 12.1 Å². The van der Waals surface area contributed by atoms with E-state index < -0.39 is 5.97 Å². The smallest absolute Gasteiger partial charge is 0.326 e. The van der Waals surface area contributed by atoms with Gasteiger partial charge >= 0.3 is 5.97 Å². The van der Waals surface area contributed by atoms with Crippen molar-refractivity contribution in [3.63, 3.8) is 0 Å². The third kappa shape index (κ3) is 5.34. The van der Waals surface area contributed by atoms with Crippen LogP contribution in [0.2, 0.25) is 0 Å². The van der Waals surface area contributed by atoms with E-state index in [9.17, 15) is 9.59 Å². The van der Waals surface area contributed by atoms with Gasteiger partial charge in [0.2, 0.25) is 0 Å². The summed E-state index contributed by atoms with van der Waals surface area (Å²) in [5.41, 5.74) is 1.58. The van der Waals surface area contributed by atoms with Gasteiger partial charge in [0.05, 0.1) is 18.6 Å². The van der Waals surface area contributed by atoms with E-state index in [1.54, 1.807) is 6.92 Å². The number of unbranched alkanes of at least 4 members (excludes halogenated alkanes) is 3. The molecular weight excluding hydrogens is 412 g/mol. The lowest BCUT2D eigenvalue weighted by atomic mass is 10.0. The molecule has 31 heavy (non-hydrogen) atoms. The van der Waals surface area contributed by atoms with Crippen LogP contribution in [0.4, 0.5) is 0 Å². The van der Waals surface area contributed by atoms with E-state index in [2.05, 4.69) is 11.9 Å². The third-order valence-electron chi connectivity index (χ3n) is 5.18. The number of fused-ring (bicyclic) bond motifs is 1. The molecule has 0 aliphatic heterocycles. The highest BCUT2D eigenvalue weighted by molar-refractivity contribution is 7.19. The van der Waals surface area contributed by atoms with Crippen LogP contribution in [-0.4, -0.2) is 28.7 Å². The molecule has 2 heterocycles. The second kappa shape index (κ2) is 10.6. The van der Waals surface area contributed by atoms with Crippen molar-refractivity contribution in [3.05, 3.63) is 45.3 Å². The second-order valence-electron chi connectivity index (χ2n) is 7.50. The van der Waals surface area contributed by atoms with Gasteiger partial charge in [0.15, 0.2) is 0 Å². The van der Waals surface area contributed by atoms with Crippen LogP contribution in [0.3, 0.4) is 0 Å². The van der Waals surface area contributed by atoms with Crippen LogP contribution in [-0.2, 0) is 16.1 Å². The minimum atomic E-state index is -0.405. The number of aryl methyl sites for hydroxylation is 2. The zero-order valence-electron chi connectivity index (χ0n) is 18.7. The van der Waals surface area contributed by atoms with Crippen molar-refractivity contribution in [2.75, 3.05) is 13.2 Å². The Bertz CT molecular complexity index is 1100. The number of carbonyl (C=O) groups excluding carboxylic acids is 1. The van der Waals surface area contributed by atoms with Crippen molar-refractivity contribution in [3.8, 4) is 16.9 Å². The number of carbonyl (C=O) groups is 1. The number of benzene rings is 1. The van der Waals surface area contributed by atoms with Crippen LogP contribution in [0.15, 0.2) is 29.1 Å². The molecule has 0 spiro atoms. The van der Waals surface area contributed by atoms with E-state index in [4.69, 9.17) is 9.47 Å². The molecule has 0 N–H and O–H groups in total. The summed E-state index contributed by atoms with van der Waals surface area (Å²) in [4.78, 5) is 32.0. The lowest BCUT2D eigenvalue weighted by molar-refractivity contribution is -0.144. The van der Waals surface area contributed by atoms with Gasteiger partial charge in [-0.05, 0) is 44.9 Å². The molecule has 1 aromatic carbocycles. The van der Waals surface area contributed by atoms with Crippen LogP contribution >= 0.6 is 11.3 Å². The predicted octanol–water partition coefficient (Wildman–Crippen LogP) is 5.26. The van der Waals surface area contributed by atoms with Crippen LogP contribution in [0, 0.1) is 13.8 Å². The van der Waals surface area contributed by atoms with Crippen molar-refractivity contribution in [1.82, 2.24) is 9.55 Å². The largest absolute Gasteiger partial charge is 0.494 e. The summed E-state index contributed by atoms with van der Waals surface area (Å²) in [5.74, 6) is 0.897. The van der Waals surface area contributed by atoms with Crippen molar-refractivity contribution < 1.29 is 14.3 Å². The number of esters is 1. The van der Waals surface area contributed by atoms with E-state index in [1.807, 2.05) is 38.1 Å². The lowest BCUT2D eigenvalue weighted by Gasteiger charge is -2.11. The van der Waals surface area contributed by atoms with Gasteiger partial charge in [-0.1, -0.05) is 38.3 Å². The Morgan fingerprint density at radius 2 is 1.84 bits per heavy atom. The molecule has 0 aliphatic rings. The van der Waals surface area contributed by atoms with Crippen LogP contribution in [0.5, 0.6) is 5.75 Å². The highest BCUT2D eigenvalue weighted by Gasteiger charge is 2.20. The average Bonchev–Trinajstić information content (AvgIpc) is 3.07. The Balaban J connectivity index is 1.90. The Morgan fingerprint density at radius 3 is 2.52 bits per heavy atom. The van der Waals surface area contributed by atoms with Crippen molar-refractivity contribution in [1.29, 1.82) is 0 Å². The molecule has 3 aromatic rings. The van der Waals surface area contributed by atoms with Gasteiger partial charge < -0.3 is 9.47 Å². The summed E-state index contributed by atoms with van der Waals surface area (Å²) in [6, 6.07) is 7.71. The van der Waals surface area contributed by atoms with E-state index in [0.717, 1.165) is 47.4 Å². The summed E-state index contributed by atoms with van der Waals surface area (Å²) < 4.78 is 12.3. The van der Waals surface area contributed by atoms with Gasteiger partial charge in [0.1, 0.15) is 22.9 Å². The first-order chi connectivity index (χ1) is 15.0. The number of thiophene rings is 1. The number of rotatable bonds is 10. The number of nitrogens with zero attached hydrogens (tertiary/aromatic N) is 2. The molecule has 0 amide bonds. The van der Waals surface area contributed by atoms with Gasteiger partial charge in [0.25, 0.3) is 5.56 Å². The highest BCUT2D eigenvalue weighted by atomic mass is 32.1. The molecule has 6 nitrogen and oxygen atoms in total. The van der Waals surface area contributed by atoms with Gasteiger partial charge in [0, 0.05) is 10.4 Å². The van der Waals surface area contributed by atoms with Crippen LogP contribution in [0.25, 0.3) is 21.3 Å². The van der Waals surface area contributed by atoms with Crippen molar-refractivity contribution in [2.24, 2.45) is 0 Å². The van der Waals surface area contributed by atoms with Crippen molar-refractivity contribution >= 4 is 27.5 Å². The van der Waals surface area contributed by atoms with Gasteiger partial charge in [-0.3, -0.25) is 14.2 Å². The Labute approximate surface area is 186 Å². The molecule has 0 saturated heterocycles. The zero-order valence-corrected chi connectivity index (χ0v) is 19.5. The van der Waals surface area contributed by atoms with Crippen molar-refractivity contribution in [2.45, 2.75) is 59.9 Å². The summed E-state index contributed by atoms with van der Waals surface area (Å²) in [5, 5.41) is 0.549. The molecule has 0 atom stereocenters. The molecule has 0 aliphatic carbocycles. The quantitative estimate of drug-likeness (QED) is 0.316. The number of ether oxygens (including phenoxy) is 2. The fourth-order valence-electron chi connectivity index (χ4n) is 3.60. The maximum Gasteiger partial charge on any atom is 0.326 e. The molecule has 0 saturated carbocycles. The van der Waals surface area contributed by atoms with Gasteiger partial charge in [-0.2, -0.15) is 0 Å². The standard InChI is InChI=1S/C24H30N2O4S/c1-5-7-8-9-14-30-20(27)15-26-17(4)25-23-22(24(26)28)21(16(3)31-23)18-10-12-19(13-11-18)29-6-2/h10-13H,5-9,14-15H2,1-4H3. The van der Waals surface area contributed by atoms with Crippen LogP contribution in [0.1, 0.15) is 50.2 Å². The molecule has 0 fully saturated rings. The third-order valence-corrected chi connectivity index (χ3v) is 6.18. The van der Waals surface area contributed by atoms with Gasteiger partial charge in [-0.25, -0.2) is 4.98 Å². The summed E-state index contributed by atoms with van der Waals surface area (Å²) in [7, 11) is 0. The maximum absolute atomic E-state index is 13.4. The maximum atomic E-state index is 13.4. The first-order valence-corrected chi connectivity index (χ1v) is 11.7. The zero-order chi connectivity index (χ0) is 22.4. The SMILES string of the molecule is CCCCCCOC(=O)Cn1c(C)nc2sc(C)c(-c3ccc(OCC)cc3)c2c1=O. The molecule has 166 valence electrons. The Morgan fingerprint density at radius 1 is 1.10 bits per heavy atom. The Hall–Kier alpha value is -2.67. The summed E-state index contributed by atoms with van der Waals surface area (Å²) >= 11 is 1.49. The number of hydrogen-bond donors (Lipinski definition) is 0. The first-order valence-electron chi connectivity index (χ1n) is 10.9. The fraction of sp³-hybridized carbons (Fsp3) is 0.458. The average molecular weight is 443 g/mol. The van der Waals surface area contributed by atoms with E-state index >= 15 is 0 Å². The number of hydrogen-bond acceptors (Lipinski definition) is 6. The molecule has 0 bridgehead atoms. The first kappa shape index (κ1) is 23.0. The van der Waals surface area contributed by atoms with Crippen LogP contribution < -0.4 is 10.3 Å².